The molecule has 2 amide bonds. The van der Waals surface area contributed by atoms with Crippen LogP contribution in [-0.4, -0.2) is 23.8 Å². The first kappa shape index (κ1) is 15.2. The second-order valence-corrected chi connectivity index (χ2v) is 4.46. The van der Waals surface area contributed by atoms with Gasteiger partial charge in [-0.2, -0.15) is 0 Å². The Hall–Kier alpha value is -3.22. The molecule has 0 atom stereocenters. The van der Waals surface area contributed by atoms with Crippen molar-refractivity contribution in [2.45, 2.75) is 0 Å². The van der Waals surface area contributed by atoms with Crippen molar-refractivity contribution >= 4 is 28.9 Å². The van der Waals surface area contributed by atoms with Crippen molar-refractivity contribution in [1.82, 2.24) is 0 Å². The van der Waals surface area contributed by atoms with Gasteiger partial charge in [0.1, 0.15) is 0 Å². The average molecular weight is 299 g/mol. The first-order chi connectivity index (χ1) is 10.5. The number of hydrogen-bond acceptors (Lipinski definition) is 4. The van der Waals surface area contributed by atoms with E-state index in [0.717, 1.165) is 0 Å². The van der Waals surface area contributed by atoms with Crippen molar-refractivity contribution in [2.24, 2.45) is 0 Å². The van der Waals surface area contributed by atoms with E-state index < -0.39 is 16.7 Å². The first-order valence-corrected chi connectivity index (χ1v) is 6.37. The van der Waals surface area contributed by atoms with E-state index >= 15 is 0 Å². The molecule has 0 bridgehead atoms. The predicted octanol–water partition coefficient (Wildman–Crippen LogP) is 2.20. The highest BCUT2D eigenvalue weighted by Crippen LogP contribution is 2.16. The van der Waals surface area contributed by atoms with E-state index in [-0.39, 0.29) is 5.69 Å². The van der Waals surface area contributed by atoms with Crippen molar-refractivity contribution in [1.29, 1.82) is 0 Å². The van der Waals surface area contributed by atoms with E-state index in [1.807, 2.05) is 0 Å². The van der Waals surface area contributed by atoms with Crippen LogP contribution in [0, 0.1) is 10.1 Å². The monoisotopic (exact) mass is 299 g/mol. The van der Waals surface area contributed by atoms with E-state index in [1.165, 1.54) is 36.2 Å². The summed E-state index contributed by atoms with van der Waals surface area (Å²) in [5.74, 6) is -1.55. The number of nitrogens with one attached hydrogen (secondary N) is 1. The Morgan fingerprint density at radius 2 is 1.64 bits per heavy atom. The van der Waals surface area contributed by atoms with Gasteiger partial charge in [-0.25, -0.2) is 0 Å². The molecule has 0 heterocycles. The minimum absolute atomic E-state index is 0.0919. The molecule has 0 aliphatic carbocycles. The van der Waals surface area contributed by atoms with Crippen molar-refractivity contribution in [3.63, 3.8) is 0 Å². The maximum absolute atomic E-state index is 12.0. The fraction of sp³-hybridized carbons (Fsp3) is 0.0667. The smallest absolute Gasteiger partial charge is 0.316 e. The number of nitro benzene ring substituents is 1. The van der Waals surface area contributed by atoms with Crippen LogP contribution in [0.15, 0.2) is 54.6 Å². The molecule has 2 aromatic carbocycles. The molecule has 7 nitrogen and oxygen atoms in total. The number of likely N-dealkylation sites (N-methyl/N-ethyl adjacent to an activating group) is 1. The highest BCUT2D eigenvalue weighted by molar-refractivity contribution is 6.44. The normalized spacial score (nSPS) is 9.86. The number of anilines is 2. The molecule has 0 unspecified atom stereocenters. The third-order valence-electron chi connectivity index (χ3n) is 2.98. The fourth-order valence-corrected chi connectivity index (χ4v) is 1.77. The van der Waals surface area contributed by atoms with Gasteiger partial charge in [0.15, 0.2) is 0 Å². The number of carbonyl (C=O) groups excluding carboxylic acids is 2. The molecule has 0 aromatic heterocycles. The fourth-order valence-electron chi connectivity index (χ4n) is 1.77. The van der Waals surface area contributed by atoms with Gasteiger partial charge >= 0.3 is 11.8 Å². The molecule has 0 spiro atoms. The molecule has 112 valence electrons. The summed E-state index contributed by atoms with van der Waals surface area (Å²) in [4.78, 5) is 35.2. The maximum Gasteiger partial charge on any atom is 0.316 e. The Morgan fingerprint density at radius 3 is 2.18 bits per heavy atom. The van der Waals surface area contributed by atoms with Gasteiger partial charge in [0.25, 0.3) is 5.69 Å². The Labute approximate surface area is 126 Å². The van der Waals surface area contributed by atoms with Crippen LogP contribution in [0.5, 0.6) is 0 Å². The van der Waals surface area contributed by atoms with Crippen molar-refractivity contribution in [3.8, 4) is 0 Å². The molecule has 7 heteroatoms. The number of nitrogens with zero attached hydrogens (tertiary/aromatic N) is 2. The van der Waals surface area contributed by atoms with Gasteiger partial charge in [-0.15, -0.1) is 0 Å². The Bertz CT molecular complexity index is 698. The zero-order chi connectivity index (χ0) is 16.1. The highest BCUT2D eigenvalue weighted by Gasteiger charge is 2.20. The van der Waals surface area contributed by atoms with Crippen molar-refractivity contribution in [2.75, 3.05) is 17.3 Å². The van der Waals surface area contributed by atoms with Gasteiger partial charge in [-0.05, 0) is 24.3 Å². The minimum atomic E-state index is -0.819. The first-order valence-electron chi connectivity index (χ1n) is 6.37. The number of nitro groups is 1. The summed E-state index contributed by atoms with van der Waals surface area (Å²) in [5, 5.41) is 13.0. The summed E-state index contributed by atoms with van der Waals surface area (Å²) in [6.45, 7) is 0. The van der Waals surface area contributed by atoms with E-state index in [0.29, 0.717) is 11.4 Å². The van der Waals surface area contributed by atoms with Crippen molar-refractivity contribution < 1.29 is 14.5 Å². The number of non-ortho nitro benzene ring substituents is 1. The molecular formula is C15H13N3O4. The molecule has 22 heavy (non-hydrogen) atoms. The summed E-state index contributed by atoms with van der Waals surface area (Å²) >= 11 is 0. The maximum atomic E-state index is 12.0. The van der Waals surface area contributed by atoms with E-state index in [9.17, 15) is 19.7 Å². The standard InChI is InChI=1S/C15H13N3O4/c1-17(12-5-3-2-4-6-12)15(20)14(19)16-11-7-9-13(10-8-11)18(21)22/h2-10H,1H3,(H,16,19). The number of para-hydroxylation sites is 1. The lowest BCUT2D eigenvalue weighted by Gasteiger charge is -2.16. The van der Waals surface area contributed by atoms with Crippen LogP contribution in [0.1, 0.15) is 0 Å². The number of hydrogen-bond donors (Lipinski definition) is 1. The lowest BCUT2D eigenvalue weighted by Crippen LogP contribution is -2.37. The Balaban J connectivity index is 2.05. The summed E-state index contributed by atoms with van der Waals surface area (Å²) in [7, 11) is 1.49. The largest absolute Gasteiger partial charge is 0.318 e. The molecule has 2 aromatic rings. The molecule has 0 saturated heterocycles. The number of benzene rings is 2. The van der Waals surface area contributed by atoms with Gasteiger partial charge in [0.2, 0.25) is 0 Å². The molecule has 0 saturated carbocycles. The minimum Gasteiger partial charge on any atom is -0.318 e. The molecular weight excluding hydrogens is 286 g/mol. The van der Waals surface area contributed by atoms with Crippen LogP contribution < -0.4 is 10.2 Å². The summed E-state index contributed by atoms with van der Waals surface area (Å²) in [6, 6.07) is 14.0. The SMILES string of the molecule is CN(C(=O)C(=O)Nc1ccc([N+](=O)[O-])cc1)c1ccccc1. The van der Waals surface area contributed by atoms with E-state index in [4.69, 9.17) is 0 Å². The molecule has 0 radical (unpaired) electrons. The van der Waals surface area contributed by atoms with Gasteiger partial charge < -0.3 is 10.2 Å². The zero-order valence-electron chi connectivity index (χ0n) is 11.7. The quantitative estimate of drug-likeness (QED) is 0.534. The Morgan fingerprint density at radius 1 is 1.05 bits per heavy atom. The summed E-state index contributed by atoms with van der Waals surface area (Å²) < 4.78 is 0. The number of amides is 2. The number of rotatable bonds is 3. The van der Waals surface area contributed by atoms with Crippen LogP contribution in [0.4, 0.5) is 17.1 Å². The lowest BCUT2D eigenvalue weighted by molar-refractivity contribution is -0.384. The van der Waals surface area contributed by atoms with Crippen molar-refractivity contribution in [3.05, 3.63) is 64.7 Å². The van der Waals surface area contributed by atoms with Crippen LogP contribution in [0.2, 0.25) is 0 Å². The number of carbonyl (C=O) groups is 2. The van der Waals surface area contributed by atoms with Crippen LogP contribution in [-0.2, 0) is 9.59 Å². The second kappa shape index (κ2) is 6.49. The van der Waals surface area contributed by atoms with E-state index in [1.54, 1.807) is 30.3 Å². The lowest BCUT2D eigenvalue weighted by atomic mass is 10.2. The second-order valence-electron chi connectivity index (χ2n) is 4.46. The highest BCUT2D eigenvalue weighted by atomic mass is 16.6. The molecule has 0 aliphatic rings. The van der Waals surface area contributed by atoms with Crippen LogP contribution in [0.3, 0.4) is 0 Å². The van der Waals surface area contributed by atoms with E-state index in [2.05, 4.69) is 5.32 Å². The molecule has 0 aliphatic heterocycles. The van der Waals surface area contributed by atoms with Gasteiger partial charge in [0, 0.05) is 30.6 Å². The molecule has 2 rings (SSSR count). The predicted molar refractivity (Wildman–Crippen MR) is 81.6 cm³/mol. The van der Waals surface area contributed by atoms with Gasteiger partial charge in [-0.3, -0.25) is 19.7 Å². The Kier molecular flexibility index (Phi) is 4.47. The summed E-state index contributed by atoms with van der Waals surface area (Å²) in [6.07, 6.45) is 0. The average Bonchev–Trinajstić information content (AvgIpc) is 2.54. The summed E-state index contributed by atoms with van der Waals surface area (Å²) in [5.41, 5.74) is 0.808. The topological polar surface area (TPSA) is 92.6 Å². The van der Waals surface area contributed by atoms with Gasteiger partial charge in [0.05, 0.1) is 4.92 Å². The van der Waals surface area contributed by atoms with Gasteiger partial charge in [-0.1, -0.05) is 18.2 Å². The third kappa shape index (κ3) is 3.45. The van der Waals surface area contributed by atoms with Crippen LogP contribution >= 0.6 is 0 Å². The molecule has 0 fully saturated rings. The zero-order valence-corrected chi connectivity index (χ0v) is 11.7. The molecule has 1 N–H and O–H groups in total. The van der Waals surface area contributed by atoms with Crippen LogP contribution in [0.25, 0.3) is 0 Å². The third-order valence-corrected chi connectivity index (χ3v) is 2.98.